The molecule has 0 unspecified atom stereocenters. The first-order valence-corrected chi connectivity index (χ1v) is 24.2. The Labute approximate surface area is 396 Å². The number of fused-ring (bicyclic) bond motifs is 2. The van der Waals surface area contributed by atoms with Crippen molar-refractivity contribution in [2.45, 2.75) is 71.6 Å². The molecule has 0 saturated carbocycles. The number of para-hydroxylation sites is 2. The van der Waals surface area contributed by atoms with E-state index in [9.17, 15) is 0 Å². The van der Waals surface area contributed by atoms with Crippen molar-refractivity contribution >= 4 is 72.7 Å². The Hall–Kier alpha value is -4.97. The Morgan fingerprint density at radius 2 is 1.25 bits per heavy atom. The zero-order valence-electron chi connectivity index (χ0n) is 36.8. The highest BCUT2D eigenvalue weighted by Crippen LogP contribution is 2.40. The maximum atomic E-state index is 6.76. The first-order chi connectivity index (χ1) is 31.3. The lowest BCUT2D eigenvalue weighted by atomic mass is 10.0. The number of likely N-dealkylation sites (tertiary alicyclic amines) is 2. The van der Waals surface area contributed by atoms with E-state index in [1.165, 1.54) is 5.56 Å². The number of hydrogen-bond acceptors (Lipinski definition) is 12. The van der Waals surface area contributed by atoms with E-state index in [4.69, 9.17) is 37.7 Å². The van der Waals surface area contributed by atoms with Crippen LogP contribution in [0.3, 0.4) is 0 Å². The molecule has 0 aliphatic carbocycles. The molecular formula is C49H55BrIN7O6. The van der Waals surface area contributed by atoms with Crippen molar-refractivity contribution in [3.63, 3.8) is 0 Å². The number of anilines is 2. The van der Waals surface area contributed by atoms with Crippen LogP contribution in [0.1, 0.15) is 57.6 Å². The predicted molar refractivity (Wildman–Crippen MR) is 262 cm³/mol. The number of aromatic nitrogens is 3. The van der Waals surface area contributed by atoms with Crippen molar-refractivity contribution in [2.24, 2.45) is 0 Å². The summed E-state index contributed by atoms with van der Waals surface area (Å²) in [5.41, 5.74) is 6.38. The largest absolute Gasteiger partial charge is 0.493 e. The van der Waals surface area contributed by atoms with Crippen LogP contribution in [0, 0.1) is 3.57 Å². The lowest BCUT2D eigenvalue weighted by Crippen LogP contribution is -2.59. The van der Waals surface area contributed by atoms with Gasteiger partial charge in [0.25, 0.3) is 0 Å². The average Bonchev–Trinajstić information content (AvgIpc) is 4.09. The van der Waals surface area contributed by atoms with Gasteiger partial charge in [-0.25, -0.2) is 10.0 Å². The van der Waals surface area contributed by atoms with E-state index in [1.807, 2.05) is 81.7 Å². The number of nitrogens with zero attached hydrogens (tertiary/aromatic N) is 7. The molecule has 9 rings (SSSR count). The number of halogens is 2. The Morgan fingerprint density at radius 1 is 0.672 bits per heavy atom. The number of methoxy groups -OCH3 is 1. The average molecular weight is 1040 g/mol. The number of ether oxygens (including phenoxy) is 4. The van der Waals surface area contributed by atoms with Crippen LogP contribution in [0.25, 0.3) is 27.9 Å². The van der Waals surface area contributed by atoms with Crippen LogP contribution in [-0.4, -0.2) is 89.5 Å². The highest BCUT2D eigenvalue weighted by atomic mass is 127. The summed E-state index contributed by atoms with van der Waals surface area (Å²) in [6.07, 6.45) is 7.55. The summed E-state index contributed by atoms with van der Waals surface area (Å²) in [5.74, 6) is 3.16. The van der Waals surface area contributed by atoms with E-state index in [1.54, 1.807) is 7.11 Å². The Balaban J connectivity index is 1.02. The van der Waals surface area contributed by atoms with Crippen LogP contribution < -0.4 is 29.0 Å². The third-order valence-corrected chi connectivity index (χ3v) is 13.5. The quantitative estimate of drug-likeness (QED) is 0.0640. The highest BCUT2D eigenvalue weighted by Gasteiger charge is 2.40. The topological polar surface area (TPSA) is 107 Å². The third-order valence-electron chi connectivity index (χ3n) is 12.0. The normalized spacial score (nSPS) is 15.5. The number of rotatable bonds is 17. The molecule has 0 bridgehead atoms. The molecule has 3 aromatic heterocycles. The van der Waals surface area contributed by atoms with Crippen molar-refractivity contribution in [1.29, 1.82) is 0 Å². The van der Waals surface area contributed by atoms with Crippen molar-refractivity contribution in [3.05, 3.63) is 110 Å². The standard InChI is InChI=1S/C49H55BrIN7O6/c1-5-60-42-28-33(16-17-40(42)59-4)31-54-24-18-35(19-25-54)57(48-52-39-14-10-12-37(50)47(39)64-48)58(49-53-45-38(51)13-11-15-41(45)63-49)36-20-26-55(27-21-36)32-34-29-43(61-6-2)46(44(30-34)62-7-3)56-22-8-9-23-56/h8-17,22-23,28-30,35-36H,5-7,18-21,24-27,31-32H2,1-4H3. The van der Waals surface area contributed by atoms with Crippen molar-refractivity contribution in [3.8, 4) is 28.7 Å². The fourth-order valence-corrected chi connectivity index (χ4v) is 10.1. The van der Waals surface area contributed by atoms with Crippen LogP contribution >= 0.6 is 38.5 Å². The van der Waals surface area contributed by atoms with Gasteiger partial charge in [-0.05, 0) is 157 Å². The molecule has 2 saturated heterocycles. The molecule has 5 heterocycles. The van der Waals surface area contributed by atoms with Gasteiger partial charge in [-0.15, -0.1) is 0 Å². The van der Waals surface area contributed by atoms with Gasteiger partial charge in [0.2, 0.25) is 0 Å². The molecular weight excluding hydrogens is 989 g/mol. The zero-order chi connectivity index (χ0) is 44.2. The van der Waals surface area contributed by atoms with Gasteiger partial charge in [-0.3, -0.25) is 9.80 Å². The summed E-state index contributed by atoms with van der Waals surface area (Å²) in [6, 6.07) is 27.9. The van der Waals surface area contributed by atoms with Gasteiger partial charge in [0, 0.05) is 55.2 Å². The zero-order valence-corrected chi connectivity index (χ0v) is 40.6. The van der Waals surface area contributed by atoms with Crippen LogP contribution in [0.5, 0.6) is 23.0 Å². The molecule has 7 aromatic rings. The number of piperidine rings is 2. The summed E-state index contributed by atoms with van der Waals surface area (Å²) < 4.78 is 41.5. The Morgan fingerprint density at radius 3 is 1.84 bits per heavy atom. The van der Waals surface area contributed by atoms with E-state index >= 15 is 0 Å². The second kappa shape index (κ2) is 20.0. The fourth-order valence-electron chi connectivity index (χ4n) is 9.10. The molecule has 15 heteroatoms. The minimum Gasteiger partial charge on any atom is -0.493 e. The summed E-state index contributed by atoms with van der Waals surface area (Å²) in [7, 11) is 1.68. The Kier molecular flexibility index (Phi) is 13.9. The maximum absolute atomic E-state index is 6.76. The van der Waals surface area contributed by atoms with Crippen molar-refractivity contribution in [1.82, 2.24) is 24.3 Å². The van der Waals surface area contributed by atoms with Gasteiger partial charge in [-0.1, -0.05) is 18.2 Å². The minimum absolute atomic E-state index is 0.0452. The first kappa shape index (κ1) is 44.2. The second-order valence-electron chi connectivity index (χ2n) is 16.2. The van der Waals surface area contributed by atoms with E-state index in [0.29, 0.717) is 37.4 Å². The molecule has 2 fully saturated rings. The molecule has 4 aromatic carbocycles. The van der Waals surface area contributed by atoms with E-state index in [-0.39, 0.29) is 12.1 Å². The molecule has 0 radical (unpaired) electrons. The Bertz CT molecular complexity index is 2630. The van der Waals surface area contributed by atoms with E-state index < -0.39 is 0 Å². The maximum Gasteiger partial charge on any atom is 0.318 e. The SMILES string of the molecule is CCOc1cc(CN2CCC(N(c3nc4cccc(Br)c4o3)N(c3nc4c(I)cccc4o3)C3CCN(Cc4cc(OCC)c(-n5cccc5)c(OCC)c4)CC3)CC2)ccc1OC. The molecule has 2 aliphatic heterocycles. The van der Waals surface area contributed by atoms with Gasteiger partial charge in [0.1, 0.15) is 28.2 Å². The van der Waals surface area contributed by atoms with E-state index in [0.717, 1.165) is 124 Å². The molecule has 0 amide bonds. The molecule has 64 heavy (non-hydrogen) atoms. The lowest BCUT2D eigenvalue weighted by Gasteiger charge is -2.47. The smallest absolute Gasteiger partial charge is 0.318 e. The molecule has 0 N–H and O–H groups in total. The summed E-state index contributed by atoms with van der Waals surface area (Å²) in [5, 5.41) is 4.57. The highest BCUT2D eigenvalue weighted by molar-refractivity contribution is 14.1. The van der Waals surface area contributed by atoms with Gasteiger partial charge in [0.15, 0.2) is 22.7 Å². The molecule has 0 spiro atoms. The molecule has 13 nitrogen and oxygen atoms in total. The summed E-state index contributed by atoms with van der Waals surface area (Å²) >= 11 is 6.09. The van der Waals surface area contributed by atoms with Crippen LogP contribution in [0.15, 0.2) is 105 Å². The number of hydrazine groups is 1. The van der Waals surface area contributed by atoms with Crippen molar-refractivity contribution < 1.29 is 27.8 Å². The molecule has 2 aliphatic rings. The fraction of sp³-hybridized carbons (Fsp3) is 0.388. The van der Waals surface area contributed by atoms with E-state index in [2.05, 4.69) is 93.2 Å². The monoisotopic (exact) mass is 1040 g/mol. The lowest BCUT2D eigenvalue weighted by molar-refractivity contribution is 0.178. The van der Waals surface area contributed by atoms with Gasteiger partial charge >= 0.3 is 12.0 Å². The van der Waals surface area contributed by atoms with Crippen molar-refractivity contribution in [2.75, 3.05) is 63.1 Å². The molecule has 336 valence electrons. The second-order valence-corrected chi connectivity index (χ2v) is 18.2. The number of hydrogen-bond donors (Lipinski definition) is 0. The minimum atomic E-state index is 0.0452. The number of benzene rings is 4. The van der Waals surface area contributed by atoms with Gasteiger partial charge < -0.3 is 32.3 Å². The third kappa shape index (κ3) is 9.40. The van der Waals surface area contributed by atoms with Gasteiger partial charge in [-0.2, -0.15) is 9.97 Å². The molecule has 0 atom stereocenters. The number of oxazole rings is 2. The van der Waals surface area contributed by atoms with Gasteiger partial charge in [0.05, 0.1) is 43.5 Å². The summed E-state index contributed by atoms with van der Waals surface area (Å²) in [6.45, 7) is 12.8. The van der Waals surface area contributed by atoms with Crippen LogP contribution in [-0.2, 0) is 13.1 Å². The summed E-state index contributed by atoms with van der Waals surface area (Å²) in [4.78, 5) is 15.4. The van der Waals surface area contributed by atoms with Crippen LogP contribution in [0.2, 0.25) is 0 Å². The first-order valence-electron chi connectivity index (χ1n) is 22.3. The van der Waals surface area contributed by atoms with Crippen LogP contribution in [0.4, 0.5) is 12.0 Å². The predicted octanol–water partition coefficient (Wildman–Crippen LogP) is 10.9.